The van der Waals surface area contributed by atoms with E-state index in [4.69, 9.17) is 0 Å². The van der Waals surface area contributed by atoms with Crippen LogP contribution in [0.1, 0.15) is 13.3 Å². The van der Waals surface area contributed by atoms with Crippen LogP contribution in [-0.4, -0.2) is 35.6 Å². The van der Waals surface area contributed by atoms with Crippen molar-refractivity contribution in [1.29, 1.82) is 0 Å². The summed E-state index contributed by atoms with van der Waals surface area (Å²) in [7, 11) is 3.85. The third-order valence-corrected chi connectivity index (χ3v) is 2.59. The molecule has 0 bridgehead atoms. The summed E-state index contributed by atoms with van der Waals surface area (Å²) < 4.78 is 0. The molecule has 0 saturated carbocycles. The van der Waals surface area contributed by atoms with E-state index < -0.39 is 0 Å². The van der Waals surface area contributed by atoms with Crippen molar-refractivity contribution in [3.8, 4) is 11.4 Å². The fourth-order valence-corrected chi connectivity index (χ4v) is 1.60. The molecule has 0 aliphatic heterocycles. The zero-order chi connectivity index (χ0) is 13.7. The lowest BCUT2D eigenvalue weighted by molar-refractivity contribution is 0.920. The zero-order valence-corrected chi connectivity index (χ0v) is 11.6. The molecule has 0 atom stereocenters. The molecule has 0 aliphatic carbocycles. The first-order valence-corrected chi connectivity index (χ1v) is 6.43. The van der Waals surface area contributed by atoms with Crippen LogP contribution in [0.2, 0.25) is 0 Å². The van der Waals surface area contributed by atoms with Crippen LogP contribution in [0.25, 0.3) is 11.4 Å². The fraction of sp³-hybridized carbons (Fsp3) is 0.357. The molecular weight excluding hydrogens is 238 g/mol. The van der Waals surface area contributed by atoms with Crippen LogP contribution < -0.4 is 10.2 Å². The van der Waals surface area contributed by atoms with Crippen molar-refractivity contribution < 1.29 is 0 Å². The van der Waals surface area contributed by atoms with E-state index in [9.17, 15) is 0 Å². The van der Waals surface area contributed by atoms with Crippen LogP contribution in [0.3, 0.4) is 0 Å². The van der Waals surface area contributed by atoms with Crippen molar-refractivity contribution in [2.24, 2.45) is 0 Å². The minimum atomic E-state index is 0.624. The van der Waals surface area contributed by atoms with Crippen molar-refractivity contribution in [2.75, 3.05) is 30.9 Å². The Labute approximate surface area is 113 Å². The summed E-state index contributed by atoms with van der Waals surface area (Å²) in [4.78, 5) is 15.2. The number of rotatable bonds is 5. The van der Waals surface area contributed by atoms with Crippen molar-refractivity contribution in [1.82, 2.24) is 15.0 Å². The first-order chi connectivity index (χ1) is 9.20. The van der Waals surface area contributed by atoms with Crippen LogP contribution in [0, 0.1) is 0 Å². The highest BCUT2D eigenvalue weighted by Gasteiger charge is 2.09. The Morgan fingerprint density at radius 1 is 1.05 bits per heavy atom. The van der Waals surface area contributed by atoms with E-state index in [2.05, 4.69) is 27.2 Å². The van der Waals surface area contributed by atoms with Gasteiger partial charge in [0.25, 0.3) is 0 Å². The summed E-state index contributed by atoms with van der Waals surface area (Å²) in [5.41, 5.74) is 0.993. The number of hydrogen-bond donors (Lipinski definition) is 1. The van der Waals surface area contributed by atoms with Crippen LogP contribution in [0.15, 0.2) is 30.3 Å². The van der Waals surface area contributed by atoms with E-state index in [1.54, 1.807) is 0 Å². The lowest BCUT2D eigenvalue weighted by Gasteiger charge is -2.13. The van der Waals surface area contributed by atoms with Gasteiger partial charge in [0, 0.05) is 26.2 Å². The molecule has 0 unspecified atom stereocenters. The maximum absolute atomic E-state index is 4.47. The van der Waals surface area contributed by atoms with Gasteiger partial charge in [-0.05, 0) is 6.42 Å². The second-order valence-electron chi connectivity index (χ2n) is 4.47. The van der Waals surface area contributed by atoms with Gasteiger partial charge in [-0.15, -0.1) is 0 Å². The Balaban J connectivity index is 2.39. The molecule has 1 N–H and O–H groups in total. The fourth-order valence-electron chi connectivity index (χ4n) is 1.60. The SMILES string of the molecule is CCCNc1nc(-c2ccccc2)nc(N(C)C)n1. The quantitative estimate of drug-likeness (QED) is 0.891. The van der Waals surface area contributed by atoms with Gasteiger partial charge >= 0.3 is 0 Å². The molecule has 2 rings (SSSR count). The molecule has 19 heavy (non-hydrogen) atoms. The minimum Gasteiger partial charge on any atom is -0.354 e. The standard InChI is InChI=1S/C14H19N5/c1-4-10-15-13-16-12(11-8-6-5-7-9-11)17-14(18-13)19(2)3/h5-9H,4,10H2,1-3H3,(H,15,16,17,18). The Hall–Kier alpha value is -2.17. The molecule has 0 radical (unpaired) electrons. The van der Waals surface area contributed by atoms with Gasteiger partial charge in [-0.3, -0.25) is 0 Å². The van der Waals surface area contributed by atoms with Gasteiger partial charge < -0.3 is 10.2 Å². The van der Waals surface area contributed by atoms with E-state index >= 15 is 0 Å². The van der Waals surface area contributed by atoms with Crippen LogP contribution in [-0.2, 0) is 0 Å². The van der Waals surface area contributed by atoms with Crippen molar-refractivity contribution in [2.45, 2.75) is 13.3 Å². The lowest BCUT2D eigenvalue weighted by atomic mass is 10.2. The summed E-state index contributed by atoms with van der Waals surface area (Å²) >= 11 is 0. The first kappa shape index (κ1) is 13.3. The van der Waals surface area contributed by atoms with E-state index in [0.29, 0.717) is 17.7 Å². The van der Waals surface area contributed by atoms with Crippen LogP contribution in [0.4, 0.5) is 11.9 Å². The molecule has 1 aromatic heterocycles. The highest BCUT2D eigenvalue weighted by Crippen LogP contribution is 2.18. The maximum Gasteiger partial charge on any atom is 0.230 e. The van der Waals surface area contributed by atoms with E-state index in [-0.39, 0.29) is 0 Å². The molecule has 0 spiro atoms. The predicted octanol–water partition coefficient (Wildman–Crippen LogP) is 2.43. The second-order valence-corrected chi connectivity index (χ2v) is 4.47. The molecular formula is C14H19N5. The van der Waals surface area contributed by atoms with Gasteiger partial charge in [0.2, 0.25) is 11.9 Å². The molecule has 5 nitrogen and oxygen atoms in total. The smallest absolute Gasteiger partial charge is 0.230 e. The van der Waals surface area contributed by atoms with Crippen LogP contribution >= 0.6 is 0 Å². The molecule has 5 heteroatoms. The molecule has 0 aliphatic rings. The number of nitrogens with one attached hydrogen (secondary N) is 1. The van der Waals surface area contributed by atoms with E-state index in [0.717, 1.165) is 18.5 Å². The third kappa shape index (κ3) is 3.40. The number of hydrogen-bond acceptors (Lipinski definition) is 5. The van der Waals surface area contributed by atoms with Gasteiger partial charge in [-0.1, -0.05) is 37.3 Å². The number of anilines is 2. The first-order valence-electron chi connectivity index (χ1n) is 6.43. The summed E-state index contributed by atoms with van der Waals surface area (Å²) in [6, 6.07) is 9.94. The van der Waals surface area contributed by atoms with E-state index in [1.165, 1.54) is 0 Å². The summed E-state index contributed by atoms with van der Waals surface area (Å²) in [5, 5.41) is 3.21. The zero-order valence-electron chi connectivity index (χ0n) is 11.6. The Kier molecular flexibility index (Phi) is 4.28. The summed E-state index contributed by atoms with van der Waals surface area (Å²) in [6.07, 6.45) is 1.03. The largest absolute Gasteiger partial charge is 0.354 e. The topological polar surface area (TPSA) is 53.9 Å². The molecule has 0 amide bonds. The van der Waals surface area contributed by atoms with Gasteiger partial charge in [0.1, 0.15) is 0 Å². The highest BCUT2D eigenvalue weighted by atomic mass is 15.3. The molecule has 1 aromatic carbocycles. The monoisotopic (exact) mass is 257 g/mol. The molecule has 0 fully saturated rings. The van der Waals surface area contributed by atoms with Gasteiger partial charge in [-0.2, -0.15) is 15.0 Å². The number of aromatic nitrogens is 3. The number of benzene rings is 1. The van der Waals surface area contributed by atoms with Gasteiger partial charge in [0.15, 0.2) is 5.82 Å². The predicted molar refractivity (Wildman–Crippen MR) is 78.4 cm³/mol. The van der Waals surface area contributed by atoms with Crippen LogP contribution in [0.5, 0.6) is 0 Å². The highest BCUT2D eigenvalue weighted by molar-refractivity contribution is 5.57. The average Bonchev–Trinajstić information content (AvgIpc) is 2.45. The number of nitrogens with zero attached hydrogens (tertiary/aromatic N) is 4. The second kappa shape index (κ2) is 6.13. The normalized spacial score (nSPS) is 10.3. The minimum absolute atomic E-state index is 0.624. The average molecular weight is 257 g/mol. The maximum atomic E-state index is 4.47. The van der Waals surface area contributed by atoms with Crippen molar-refractivity contribution >= 4 is 11.9 Å². The van der Waals surface area contributed by atoms with Crippen molar-refractivity contribution in [3.05, 3.63) is 30.3 Å². The Bertz CT molecular complexity index is 525. The lowest BCUT2D eigenvalue weighted by Crippen LogP contribution is -2.16. The molecule has 1 heterocycles. The van der Waals surface area contributed by atoms with E-state index in [1.807, 2.05) is 49.3 Å². The summed E-state index contributed by atoms with van der Waals surface area (Å²) in [5.74, 6) is 1.98. The summed E-state index contributed by atoms with van der Waals surface area (Å²) in [6.45, 7) is 2.96. The van der Waals surface area contributed by atoms with Gasteiger partial charge in [0.05, 0.1) is 0 Å². The van der Waals surface area contributed by atoms with Crippen molar-refractivity contribution in [3.63, 3.8) is 0 Å². The molecule has 0 saturated heterocycles. The molecule has 2 aromatic rings. The Morgan fingerprint density at radius 2 is 1.79 bits per heavy atom. The molecule has 100 valence electrons. The Morgan fingerprint density at radius 3 is 2.42 bits per heavy atom. The third-order valence-electron chi connectivity index (χ3n) is 2.59. The van der Waals surface area contributed by atoms with Gasteiger partial charge in [-0.25, -0.2) is 0 Å².